The SMILES string of the molecule is CCCC(Br)(Br)C(=O)c1ccc2c(c1)OCO2. The van der Waals surface area contributed by atoms with Gasteiger partial charge in [-0.15, -0.1) is 0 Å². The van der Waals surface area contributed by atoms with Crippen LogP contribution in [0.15, 0.2) is 18.2 Å². The van der Waals surface area contributed by atoms with Crippen LogP contribution in [-0.2, 0) is 0 Å². The minimum atomic E-state index is -0.692. The molecule has 0 radical (unpaired) electrons. The lowest BCUT2D eigenvalue weighted by atomic mass is 10.0. The average molecular weight is 364 g/mol. The quantitative estimate of drug-likeness (QED) is 0.601. The number of fused-ring (bicyclic) bond motifs is 1. The second-order valence-corrected chi connectivity index (χ2v) is 7.62. The van der Waals surface area contributed by atoms with Crippen molar-refractivity contribution < 1.29 is 14.3 Å². The van der Waals surface area contributed by atoms with E-state index >= 15 is 0 Å². The summed E-state index contributed by atoms with van der Waals surface area (Å²) in [6, 6.07) is 5.23. The largest absolute Gasteiger partial charge is 0.454 e. The van der Waals surface area contributed by atoms with Crippen LogP contribution in [0.1, 0.15) is 30.1 Å². The molecule has 1 aliphatic rings. The van der Waals surface area contributed by atoms with Crippen LogP contribution in [0, 0.1) is 0 Å². The number of alkyl halides is 2. The lowest BCUT2D eigenvalue weighted by Gasteiger charge is -2.18. The first-order chi connectivity index (χ1) is 8.04. The topological polar surface area (TPSA) is 35.5 Å². The molecule has 92 valence electrons. The fourth-order valence-corrected chi connectivity index (χ4v) is 2.93. The molecule has 0 aliphatic carbocycles. The molecular weight excluding hydrogens is 352 g/mol. The lowest BCUT2D eigenvalue weighted by Crippen LogP contribution is -2.24. The molecule has 0 aromatic heterocycles. The van der Waals surface area contributed by atoms with E-state index in [1.54, 1.807) is 18.2 Å². The molecule has 0 spiro atoms. The van der Waals surface area contributed by atoms with Crippen LogP contribution in [0.3, 0.4) is 0 Å². The van der Waals surface area contributed by atoms with Crippen molar-refractivity contribution in [2.75, 3.05) is 6.79 Å². The Labute approximate surface area is 117 Å². The van der Waals surface area contributed by atoms with Crippen LogP contribution in [-0.4, -0.2) is 15.8 Å². The third kappa shape index (κ3) is 2.65. The van der Waals surface area contributed by atoms with Crippen molar-refractivity contribution in [3.63, 3.8) is 0 Å². The van der Waals surface area contributed by atoms with E-state index in [0.29, 0.717) is 17.1 Å². The number of ether oxygens (including phenoxy) is 2. The van der Waals surface area contributed by atoms with E-state index in [4.69, 9.17) is 9.47 Å². The maximum Gasteiger partial charge on any atom is 0.231 e. The molecule has 3 nitrogen and oxygen atoms in total. The fraction of sp³-hybridized carbons (Fsp3) is 0.417. The molecule has 0 N–H and O–H groups in total. The smallest absolute Gasteiger partial charge is 0.231 e. The zero-order chi connectivity index (χ0) is 12.5. The van der Waals surface area contributed by atoms with Gasteiger partial charge in [-0.1, -0.05) is 45.2 Å². The van der Waals surface area contributed by atoms with Gasteiger partial charge in [-0.3, -0.25) is 4.79 Å². The summed E-state index contributed by atoms with van der Waals surface area (Å²) in [5.41, 5.74) is 0.608. The van der Waals surface area contributed by atoms with Crippen LogP contribution in [0.5, 0.6) is 11.5 Å². The Bertz CT molecular complexity index is 443. The number of rotatable bonds is 4. The minimum Gasteiger partial charge on any atom is -0.454 e. The Morgan fingerprint density at radius 3 is 2.76 bits per heavy atom. The van der Waals surface area contributed by atoms with Gasteiger partial charge >= 0.3 is 0 Å². The molecule has 0 saturated carbocycles. The number of carbonyl (C=O) groups is 1. The Morgan fingerprint density at radius 2 is 2.06 bits per heavy atom. The van der Waals surface area contributed by atoms with Gasteiger partial charge in [0.1, 0.15) is 3.23 Å². The summed E-state index contributed by atoms with van der Waals surface area (Å²) in [4.78, 5) is 12.3. The van der Waals surface area contributed by atoms with E-state index in [2.05, 4.69) is 31.9 Å². The maximum absolute atomic E-state index is 12.3. The third-order valence-electron chi connectivity index (χ3n) is 2.53. The molecule has 2 rings (SSSR count). The average Bonchev–Trinajstić information content (AvgIpc) is 2.74. The zero-order valence-corrected chi connectivity index (χ0v) is 12.5. The summed E-state index contributed by atoms with van der Waals surface area (Å²) < 4.78 is 9.77. The molecule has 1 aromatic carbocycles. The van der Waals surface area contributed by atoms with E-state index in [-0.39, 0.29) is 12.6 Å². The first kappa shape index (κ1) is 12.9. The highest BCUT2D eigenvalue weighted by atomic mass is 79.9. The number of ketones is 1. The van der Waals surface area contributed by atoms with Gasteiger partial charge in [0.05, 0.1) is 0 Å². The van der Waals surface area contributed by atoms with E-state index in [9.17, 15) is 4.79 Å². The van der Waals surface area contributed by atoms with Gasteiger partial charge in [-0.25, -0.2) is 0 Å². The molecule has 1 heterocycles. The summed E-state index contributed by atoms with van der Waals surface area (Å²) in [6.07, 6.45) is 1.63. The molecule has 0 fully saturated rings. The number of benzene rings is 1. The number of Topliss-reactive ketones (excluding diaryl/α,β-unsaturated/α-hetero) is 1. The molecule has 5 heteroatoms. The number of halogens is 2. The van der Waals surface area contributed by atoms with Crippen LogP contribution in [0.25, 0.3) is 0 Å². The third-order valence-corrected chi connectivity index (χ3v) is 4.04. The lowest BCUT2D eigenvalue weighted by molar-refractivity contribution is 0.0979. The predicted octanol–water partition coefficient (Wildman–Crippen LogP) is 3.88. The van der Waals surface area contributed by atoms with E-state index in [0.717, 1.165) is 12.8 Å². The van der Waals surface area contributed by atoms with Gasteiger partial charge in [0.2, 0.25) is 6.79 Å². The summed E-state index contributed by atoms with van der Waals surface area (Å²) in [5.74, 6) is 1.31. The van der Waals surface area contributed by atoms with E-state index < -0.39 is 3.23 Å². The van der Waals surface area contributed by atoms with Gasteiger partial charge in [-0.2, -0.15) is 0 Å². The van der Waals surface area contributed by atoms with Gasteiger partial charge in [-0.05, 0) is 24.6 Å². The molecule has 1 aromatic rings. The summed E-state index contributed by atoms with van der Waals surface area (Å²) in [5, 5.41) is 0. The number of carbonyl (C=O) groups excluding carboxylic acids is 1. The Balaban J connectivity index is 2.26. The first-order valence-corrected chi connectivity index (χ1v) is 6.95. The van der Waals surface area contributed by atoms with Crippen LogP contribution in [0.2, 0.25) is 0 Å². The summed E-state index contributed by atoms with van der Waals surface area (Å²) >= 11 is 6.84. The van der Waals surface area contributed by atoms with Crippen molar-refractivity contribution in [2.24, 2.45) is 0 Å². The van der Waals surface area contributed by atoms with Crippen LogP contribution < -0.4 is 9.47 Å². The maximum atomic E-state index is 12.3. The molecular formula is C12H12Br2O3. The van der Waals surface area contributed by atoms with Crippen molar-refractivity contribution in [3.05, 3.63) is 23.8 Å². The Morgan fingerprint density at radius 1 is 1.35 bits per heavy atom. The van der Waals surface area contributed by atoms with Gasteiger partial charge in [0.25, 0.3) is 0 Å². The van der Waals surface area contributed by atoms with Crippen molar-refractivity contribution in [2.45, 2.75) is 23.0 Å². The first-order valence-electron chi connectivity index (χ1n) is 5.37. The Kier molecular flexibility index (Phi) is 3.78. The Hall–Kier alpha value is -0.550. The molecule has 0 saturated heterocycles. The highest BCUT2D eigenvalue weighted by Gasteiger charge is 2.32. The second kappa shape index (κ2) is 4.98. The second-order valence-electron chi connectivity index (χ2n) is 3.85. The normalized spacial score (nSPS) is 13.8. The molecule has 1 aliphatic heterocycles. The molecule has 17 heavy (non-hydrogen) atoms. The zero-order valence-electron chi connectivity index (χ0n) is 9.33. The summed E-state index contributed by atoms with van der Waals surface area (Å²) in [6.45, 7) is 2.25. The molecule has 0 unspecified atom stereocenters. The van der Waals surface area contributed by atoms with Gasteiger partial charge < -0.3 is 9.47 Å². The standard InChI is InChI=1S/C12H12Br2O3/c1-2-5-12(13,14)11(15)8-3-4-9-10(6-8)17-7-16-9/h3-4,6H,2,5,7H2,1H3. The highest BCUT2D eigenvalue weighted by molar-refractivity contribution is 9.25. The molecule has 0 bridgehead atoms. The fourth-order valence-electron chi connectivity index (χ4n) is 1.68. The minimum absolute atomic E-state index is 0.00218. The van der Waals surface area contributed by atoms with Gasteiger partial charge in [0, 0.05) is 5.56 Å². The predicted molar refractivity (Wildman–Crippen MR) is 72.4 cm³/mol. The molecule has 0 amide bonds. The van der Waals surface area contributed by atoms with E-state index in [1.807, 2.05) is 6.92 Å². The van der Waals surface area contributed by atoms with Crippen molar-refractivity contribution in [3.8, 4) is 11.5 Å². The molecule has 0 atom stereocenters. The van der Waals surface area contributed by atoms with E-state index in [1.165, 1.54) is 0 Å². The van der Waals surface area contributed by atoms with Gasteiger partial charge in [0.15, 0.2) is 17.3 Å². The monoisotopic (exact) mass is 362 g/mol. The van der Waals surface area contributed by atoms with Crippen LogP contribution in [0.4, 0.5) is 0 Å². The van der Waals surface area contributed by atoms with Crippen molar-refractivity contribution >= 4 is 37.6 Å². The van der Waals surface area contributed by atoms with Crippen molar-refractivity contribution in [1.82, 2.24) is 0 Å². The highest BCUT2D eigenvalue weighted by Crippen LogP contribution is 2.38. The summed E-state index contributed by atoms with van der Waals surface area (Å²) in [7, 11) is 0. The number of hydrogen-bond acceptors (Lipinski definition) is 3. The number of hydrogen-bond donors (Lipinski definition) is 0. The van der Waals surface area contributed by atoms with Crippen molar-refractivity contribution in [1.29, 1.82) is 0 Å². The van der Waals surface area contributed by atoms with Crippen LogP contribution >= 0.6 is 31.9 Å².